The summed E-state index contributed by atoms with van der Waals surface area (Å²) >= 11 is 11.9. The lowest BCUT2D eigenvalue weighted by Crippen LogP contribution is -2.11. The second-order valence-corrected chi connectivity index (χ2v) is 4.75. The zero-order chi connectivity index (χ0) is 13.1. The molecule has 0 fully saturated rings. The van der Waals surface area contributed by atoms with E-state index in [1.165, 1.54) is 6.33 Å². The monoisotopic (exact) mass is 282 g/mol. The molecule has 0 aliphatic rings. The molecule has 1 N–H and O–H groups in total. The van der Waals surface area contributed by atoms with Crippen molar-refractivity contribution in [3.8, 4) is 0 Å². The highest BCUT2D eigenvalue weighted by Gasteiger charge is 2.04. The fourth-order valence-electron chi connectivity index (χ4n) is 1.39. The molecule has 0 atom stereocenters. The number of nitrogens with zero attached hydrogens (tertiary/aromatic N) is 3. The summed E-state index contributed by atoms with van der Waals surface area (Å²) in [5.74, 6) is 1.50. The molecule has 2 rings (SSSR count). The number of nitrogens with one attached hydrogen (secondary N) is 1. The van der Waals surface area contributed by atoms with Crippen molar-refractivity contribution in [3.05, 3.63) is 40.6 Å². The van der Waals surface area contributed by atoms with Gasteiger partial charge in [0.15, 0.2) is 0 Å². The lowest BCUT2D eigenvalue weighted by atomic mass is 10.3. The minimum absolute atomic E-state index is 0.549. The van der Waals surface area contributed by atoms with Crippen LogP contribution in [-0.2, 0) is 0 Å². The predicted molar refractivity (Wildman–Crippen MR) is 76.1 cm³/mol. The number of rotatable bonds is 3. The van der Waals surface area contributed by atoms with Crippen molar-refractivity contribution in [2.24, 2.45) is 0 Å². The molecule has 6 heteroatoms. The van der Waals surface area contributed by atoms with E-state index >= 15 is 0 Å². The summed E-state index contributed by atoms with van der Waals surface area (Å²) in [6.07, 6.45) is 1.50. The van der Waals surface area contributed by atoms with Crippen molar-refractivity contribution < 1.29 is 0 Å². The topological polar surface area (TPSA) is 41.0 Å². The molecular formula is C12H12Cl2N4. The van der Waals surface area contributed by atoms with E-state index in [4.69, 9.17) is 23.2 Å². The molecule has 0 radical (unpaired) electrons. The Morgan fingerprint density at radius 1 is 1.11 bits per heavy atom. The van der Waals surface area contributed by atoms with Crippen LogP contribution in [0.2, 0.25) is 10.0 Å². The average molecular weight is 283 g/mol. The molecule has 0 unspecified atom stereocenters. The third kappa shape index (κ3) is 3.03. The van der Waals surface area contributed by atoms with Gasteiger partial charge in [-0.3, -0.25) is 0 Å². The Kier molecular flexibility index (Phi) is 3.89. The van der Waals surface area contributed by atoms with Gasteiger partial charge in [-0.05, 0) is 18.2 Å². The first-order valence-electron chi connectivity index (χ1n) is 5.27. The van der Waals surface area contributed by atoms with Gasteiger partial charge in [0.1, 0.15) is 18.0 Å². The predicted octanol–water partition coefficient (Wildman–Crippen LogP) is 3.59. The highest BCUT2D eigenvalue weighted by molar-refractivity contribution is 6.36. The van der Waals surface area contributed by atoms with E-state index < -0.39 is 0 Å². The molecule has 2 aromatic rings. The van der Waals surface area contributed by atoms with Gasteiger partial charge < -0.3 is 10.2 Å². The molecule has 0 bridgehead atoms. The largest absolute Gasteiger partial charge is 0.363 e. The summed E-state index contributed by atoms with van der Waals surface area (Å²) in [7, 11) is 3.84. The van der Waals surface area contributed by atoms with Crippen LogP contribution in [0.15, 0.2) is 30.6 Å². The maximum Gasteiger partial charge on any atom is 0.135 e. The quantitative estimate of drug-likeness (QED) is 0.934. The summed E-state index contributed by atoms with van der Waals surface area (Å²) < 4.78 is 0. The number of benzene rings is 1. The number of hydrogen-bond donors (Lipinski definition) is 1. The zero-order valence-corrected chi connectivity index (χ0v) is 11.5. The smallest absolute Gasteiger partial charge is 0.135 e. The van der Waals surface area contributed by atoms with Gasteiger partial charge in [0.05, 0.1) is 10.7 Å². The number of anilines is 3. The average Bonchev–Trinajstić information content (AvgIpc) is 2.33. The van der Waals surface area contributed by atoms with Crippen molar-refractivity contribution in [2.75, 3.05) is 24.3 Å². The van der Waals surface area contributed by atoms with Gasteiger partial charge in [-0.25, -0.2) is 9.97 Å². The van der Waals surface area contributed by atoms with Crippen LogP contribution < -0.4 is 10.2 Å². The summed E-state index contributed by atoms with van der Waals surface area (Å²) in [4.78, 5) is 10.2. The highest BCUT2D eigenvalue weighted by Crippen LogP contribution is 2.28. The number of aromatic nitrogens is 2. The molecule has 0 saturated heterocycles. The van der Waals surface area contributed by atoms with Crippen molar-refractivity contribution in [2.45, 2.75) is 0 Å². The molecule has 1 aromatic carbocycles. The van der Waals surface area contributed by atoms with Gasteiger partial charge in [-0.2, -0.15) is 0 Å². The SMILES string of the molecule is CN(C)c1cc(Nc2ccc(Cl)cc2Cl)ncn1. The molecule has 94 valence electrons. The molecule has 0 aliphatic heterocycles. The van der Waals surface area contributed by atoms with E-state index in [0.29, 0.717) is 15.9 Å². The molecular weight excluding hydrogens is 271 g/mol. The van der Waals surface area contributed by atoms with Gasteiger partial charge in [-0.15, -0.1) is 0 Å². The second-order valence-electron chi connectivity index (χ2n) is 3.91. The first kappa shape index (κ1) is 12.9. The standard InChI is InChI=1S/C12H12Cl2N4/c1-18(2)12-6-11(15-7-16-12)17-10-4-3-8(13)5-9(10)14/h3-7H,1-2H3,(H,15,16,17). The van der Waals surface area contributed by atoms with Crippen LogP contribution in [0, 0.1) is 0 Å². The van der Waals surface area contributed by atoms with E-state index in [9.17, 15) is 0 Å². The van der Waals surface area contributed by atoms with Crippen molar-refractivity contribution in [1.29, 1.82) is 0 Å². The van der Waals surface area contributed by atoms with Crippen molar-refractivity contribution in [3.63, 3.8) is 0 Å². The van der Waals surface area contributed by atoms with E-state index in [1.54, 1.807) is 12.1 Å². The van der Waals surface area contributed by atoms with Gasteiger partial charge in [0, 0.05) is 25.2 Å². The van der Waals surface area contributed by atoms with Gasteiger partial charge >= 0.3 is 0 Å². The van der Waals surface area contributed by atoms with E-state index in [-0.39, 0.29) is 0 Å². The van der Waals surface area contributed by atoms with Gasteiger partial charge in [0.2, 0.25) is 0 Å². The molecule has 0 amide bonds. The minimum atomic E-state index is 0.549. The molecule has 18 heavy (non-hydrogen) atoms. The molecule has 4 nitrogen and oxygen atoms in total. The van der Waals surface area contributed by atoms with Crippen LogP contribution in [0.3, 0.4) is 0 Å². The fraction of sp³-hybridized carbons (Fsp3) is 0.167. The second kappa shape index (κ2) is 5.42. The third-order valence-electron chi connectivity index (χ3n) is 2.30. The Hall–Kier alpha value is -1.52. The summed E-state index contributed by atoms with van der Waals surface area (Å²) in [5.41, 5.74) is 0.754. The maximum atomic E-state index is 6.08. The third-order valence-corrected chi connectivity index (χ3v) is 2.85. The normalized spacial score (nSPS) is 10.2. The van der Waals surface area contributed by atoms with E-state index in [0.717, 1.165) is 11.5 Å². The van der Waals surface area contributed by atoms with Crippen LogP contribution in [0.5, 0.6) is 0 Å². The van der Waals surface area contributed by atoms with Crippen LogP contribution in [0.1, 0.15) is 0 Å². The summed E-state index contributed by atoms with van der Waals surface area (Å²) in [5, 5.41) is 4.27. The lowest BCUT2D eigenvalue weighted by Gasteiger charge is -2.13. The minimum Gasteiger partial charge on any atom is -0.363 e. The molecule has 0 aliphatic carbocycles. The van der Waals surface area contributed by atoms with Crippen LogP contribution >= 0.6 is 23.2 Å². The van der Waals surface area contributed by atoms with Crippen LogP contribution in [-0.4, -0.2) is 24.1 Å². The first-order chi connectivity index (χ1) is 8.56. The summed E-state index contributed by atoms with van der Waals surface area (Å²) in [6.45, 7) is 0. The fourth-order valence-corrected chi connectivity index (χ4v) is 1.84. The number of halogens is 2. The molecule has 1 heterocycles. The maximum absolute atomic E-state index is 6.08. The Morgan fingerprint density at radius 2 is 1.89 bits per heavy atom. The van der Waals surface area contributed by atoms with Crippen molar-refractivity contribution in [1.82, 2.24) is 9.97 Å². The Balaban J connectivity index is 2.25. The van der Waals surface area contributed by atoms with Crippen LogP contribution in [0.25, 0.3) is 0 Å². The molecule has 0 saturated carbocycles. The van der Waals surface area contributed by atoms with Gasteiger partial charge in [0.25, 0.3) is 0 Å². The Morgan fingerprint density at radius 3 is 2.56 bits per heavy atom. The zero-order valence-electron chi connectivity index (χ0n) is 9.98. The highest BCUT2D eigenvalue weighted by atomic mass is 35.5. The van der Waals surface area contributed by atoms with E-state index in [2.05, 4.69) is 15.3 Å². The van der Waals surface area contributed by atoms with Crippen molar-refractivity contribution >= 4 is 40.5 Å². The number of hydrogen-bond acceptors (Lipinski definition) is 4. The molecule has 1 aromatic heterocycles. The Labute approximate surface area is 116 Å². The first-order valence-corrected chi connectivity index (χ1v) is 6.03. The molecule has 0 spiro atoms. The Bertz CT molecular complexity index is 558. The lowest BCUT2D eigenvalue weighted by molar-refractivity contribution is 1.04. The van der Waals surface area contributed by atoms with Crippen LogP contribution in [0.4, 0.5) is 17.3 Å². The van der Waals surface area contributed by atoms with Gasteiger partial charge in [-0.1, -0.05) is 23.2 Å². The summed E-state index contributed by atoms with van der Waals surface area (Å²) in [6, 6.07) is 7.09. The van der Waals surface area contributed by atoms with E-state index in [1.807, 2.05) is 31.1 Å².